The fraction of sp³-hybridized carbons (Fsp3) is 0.500. The minimum absolute atomic E-state index is 0.0505. The van der Waals surface area contributed by atoms with Gasteiger partial charge in [0.05, 0.1) is 24.3 Å². The second kappa shape index (κ2) is 3.63. The third-order valence-corrected chi connectivity index (χ3v) is 6.44. The molecule has 4 heteroatoms. The summed E-state index contributed by atoms with van der Waals surface area (Å²) < 4.78 is 7.89. The molecule has 0 saturated carbocycles. The molecular weight excluding hydrogens is 276 g/mol. The molecule has 6 rings (SSSR count). The van der Waals surface area contributed by atoms with E-state index in [0.29, 0.717) is 12.5 Å². The fourth-order valence-corrected chi connectivity index (χ4v) is 5.53. The van der Waals surface area contributed by atoms with E-state index in [9.17, 15) is 4.79 Å². The largest absolute Gasteiger partial charge is 0.377 e. The zero-order valence-corrected chi connectivity index (χ0v) is 12.4. The van der Waals surface area contributed by atoms with Crippen molar-refractivity contribution in [3.63, 3.8) is 0 Å². The average Bonchev–Trinajstić information content (AvgIpc) is 2.86. The average molecular weight is 294 g/mol. The lowest BCUT2D eigenvalue weighted by molar-refractivity contribution is -0.249. The molecule has 0 amide bonds. The number of nitrogens with zero attached hydrogens (tertiary/aromatic N) is 2. The molecule has 1 aromatic carbocycles. The third-order valence-electron chi connectivity index (χ3n) is 6.44. The first-order valence-electron chi connectivity index (χ1n) is 8.31. The van der Waals surface area contributed by atoms with Gasteiger partial charge in [0.1, 0.15) is 0 Å². The monoisotopic (exact) mass is 294 g/mol. The van der Waals surface area contributed by atoms with Crippen molar-refractivity contribution in [1.82, 2.24) is 9.47 Å². The highest BCUT2D eigenvalue weighted by molar-refractivity contribution is 5.98. The number of para-hydroxylation sites is 1. The van der Waals surface area contributed by atoms with E-state index < -0.39 is 0 Å². The van der Waals surface area contributed by atoms with Crippen LogP contribution in [0.2, 0.25) is 0 Å². The Morgan fingerprint density at radius 2 is 2.14 bits per heavy atom. The van der Waals surface area contributed by atoms with Crippen molar-refractivity contribution >= 4 is 16.8 Å². The SMILES string of the molecule is O=C1C[C@]23CO[C@H]2CCN2CCc4c(n1c1ccccc41)[C@H]23. The summed E-state index contributed by atoms with van der Waals surface area (Å²) in [6.45, 7) is 2.98. The zero-order chi connectivity index (χ0) is 14.5. The van der Waals surface area contributed by atoms with Crippen LogP contribution in [-0.4, -0.2) is 41.2 Å². The maximum atomic E-state index is 13.0. The van der Waals surface area contributed by atoms with Crippen LogP contribution in [0.4, 0.5) is 0 Å². The molecule has 112 valence electrons. The summed E-state index contributed by atoms with van der Waals surface area (Å²) in [6, 6.07) is 8.80. The molecule has 22 heavy (non-hydrogen) atoms. The molecule has 0 aliphatic carbocycles. The first kappa shape index (κ1) is 11.9. The van der Waals surface area contributed by atoms with Crippen molar-refractivity contribution in [2.75, 3.05) is 19.7 Å². The maximum Gasteiger partial charge on any atom is 0.232 e. The molecule has 0 radical (unpaired) electrons. The predicted octanol–water partition coefficient (Wildman–Crippen LogP) is 2.37. The number of piperidine rings is 1. The number of aromatic nitrogens is 1. The van der Waals surface area contributed by atoms with Crippen molar-refractivity contribution in [2.24, 2.45) is 5.41 Å². The van der Waals surface area contributed by atoms with Crippen LogP contribution >= 0.6 is 0 Å². The van der Waals surface area contributed by atoms with E-state index >= 15 is 0 Å². The summed E-state index contributed by atoms with van der Waals surface area (Å²) in [6.07, 6.45) is 3.08. The van der Waals surface area contributed by atoms with Crippen LogP contribution in [0.1, 0.15) is 34.9 Å². The number of fused-ring (bicyclic) bond motifs is 3. The number of carbonyl (C=O) groups excluding carboxylic acids is 1. The Labute approximate surface area is 128 Å². The van der Waals surface area contributed by atoms with Gasteiger partial charge in [-0.2, -0.15) is 0 Å². The predicted molar refractivity (Wildman–Crippen MR) is 82.0 cm³/mol. The van der Waals surface area contributed by atoms with E-state index in [-0.39, 0.29) is 17.4 Å². The zero-order valence-electron chi connectivity index (χ0n) is 12.4. The van der Waals surface area contributed by atoms with Crippen molar-refractivity contribution < 1.29 is 9.53 Å². The maximum absolute atomic E-state index is 13.0. The number of hydrogen-bond acceptors (Lipinski definition) is 3. The van der Waals surface area contributed by atoms with Crippen LogP contribution in [0.25, 0.3) is 10.9 Å². The van der Waals surface area contributed by atoms with Crippen LogP contribution in [0.15, 0.2) is 24.3 Å². The quantitative estimate of drug-likeness (QED) is 0.748. The van der Waals surface area contributed by atoms with Gasteiger partial charge < -0.3 is 4.74 Å². The third kappa shape index (κ3) is 1.12. The highest BCUT2D eigenvalue weighted by atomic mass is 16.5. The standard InChI is InChI=1S/C18H18N2O2/c21-15-9-18-10-22-14(18)6-8-19-7-5-12-11-3-1-2-4-13(11)20(15)16(12)17(18)19/h1-4,14,17H,5-10H2/t14-,17-,18-/m0/s1. The molecular formula is C18H18N2O2. The van der Waals surface area contributed by atoms with E-state index in [2.05, 4.69) is 23.1 Å². The molecule has 1 aromatic heterocycles. The van der Waals surface area contributed by atoms with Gasteiger partial charge in [-0.05, 0) is 24.5 Å². The van der Waals surface area contributed by atoms with Crippen molar-refractivity contribution in [2.45, 2.75) is 31.4 Å². The summed E-state index contributed by atoms with van der Waals surface area (Å²) in [5.41, 5.74) is 3.86. The van der Waals surface area contributed by atoms with E-state index in [4.69, 9.17) is 4.74 Å². The van der Waals surface area contributed by atoms with E-state index in [1.54, 1.807) is 0 Å². The van der Waals surface area contributed by atoms with Gasteiger partial charge in [0.2, 0.25) is 5.91 Å². The molecule has 4 aliphatic heterocycles. The summed E-state index contributed by atoms with van der Waals surface area (Å²) in [7, 11) is 0. The Morgan fingerprint density at radius 1 is 1.23 bits per heavy atom. The van der Waals surface area contributed by atoms with Gasteiger partial charge in [0, 0.05) is 36.0 Å². The molecule has 5 heterocycles. The number of carbonyl (C=O) groups is 1. The molecule has 0 unspecified atom stereocenters. The Hall–Kier alpha value is -1.65. The van der Waals surface area contributed by atoms with Crippen LogP contribution in [0.5, 0.6) is 0 Å². The lowest BCUT2D eigenvalue weighted by Gasteiger charge is -2.62. The summed E-state index contributed by atoms with van der Waals surface area (Å²) in [4.78, 5) is 15.6. The van der Waals surface area contributed by atoms with Crippen LogP contribution in [0, 0.1) is 5.41 Å². The van der Waals surface area contributed by atoms with E-state index in [0.717, 1.165) is 38.1 Å². The van der Waals surface area contributed by atoms with Crippen LogP contribution < -0.4 is 0 Å². The van der Waals surface area contributed by atoms with Crippen LogP contribution in [-0.2, 0) is 11.2 Å². The van der Waals surface area contributed by atoms with E-state index in [1.807, 2.05) is 10.6 Å². The minimum atomic E-state index is 0.0505. The summed E-state index contributed by atoms with van der Waals surface area (Å²) >= 11 is 0. The van der Waals surface area contributed by atoms with Gasteiger partial charge in [-0.1, -0.05) is 18.2 Å². The smallest absolute Gasteiger partial charge is 0.232 e. The minimum Gasteiger partial charge on any atom is -0.377 e. The van der Waals surface area contributed by atoms with Gasteiger partial charge in [-0.25, -0.2) is 0 Å². The van der Waals surface area contributed by atoms with Crippen molar-refractivity contribution in [3.8, 4) is 0 Å². The fourth-order valence-electron chi connectivity index (χ4n) is 5.53. The molecule has 2 saturated heterocycles. The lowest BCUT2D eigenvalue weighted by Crippen LogP contribution is -2.67. The molecule has 4 aliphatic rings. The lowest BCUT2D eigenvalue weighted by atomic mass is 9.62. The first-order valence-corrected chi connectivity index (χ1v) is 8.31. The molecule has 3 atom stereocenters. The van der Waals surface area contributed by atoms with E-state index in [1.165, 1.54) is 16.6 Å². The Bertz CT molecular complexity index is 839. The Kier molecular flexibility index (Phi) is 1.96. The second-order valence-corrected chi connectivity index (χ2v) is 7.30. The molecule has 4 nitrogen and oxygen atoms in total. The Morgan fingerprint density at radius 3 is 3.00 bits per heavy atom. The molecule has 0 bridgehead atoms. The normalized spacial score (nSPS) is 35.9. The second-order valence-electron chi connectivity index (χ2n) is 7.30. The van der Waals surface area contributed by atoms with Crippen molar-refractivity contribution in [1.29, 1.82) is 0 Å². The van der Waals surface area contributed by atoms with Gasteiger partial charge in [-0.3, -0.25) is 14.3 Å². The van der Waals surface area contributed by atoms with Gasteiger partial charge in [0.25, 0.3) is 0 Å². The highest BCUT2D eigenvalue weighted by Gasteiger charge is 2.63. The first-order chi connectivity index (χ1) is 10.8. The number of ether oxygens (including phenoxy) is 1. The van der Waals surface area contributed by atoms with Crippen LogP contribution in [0.3, 0.4) is 0 Å². The molecule has 0 N–H and O–H groups in total. The molecule has 2 aromatic rings. The number of hydrogen-bond donors (Lipinski definition) is 0. The van der Waals surface area contributed by atoms with Gasteiger partial charge in [0.15, 0.2) is 0 Å². The Balaban J connectivity index is 1.72. The summed E-state index contributed by atoms with van der Waals surface area (Å²) in [5.74, 6) is 0.269. The topological polar surface area (TPSA) is 34.5 Å². The van der Waals surface area contributed by atoms with Crippen molar-refractivity contribution in [3.05, 3.63) is 35.5 Å². The highest BCUT2D eigenvalue weighted by Crippen LogP contribution is 2.60. The number of rotatable bonds is 0. The molecule has 2 fully saturated rings. The van der Waals surface area contributed by atoms with Gasteiger partial charge in [-0.15, -0.1) is 0 Å². The summed E-state index contributed by atoms with van der Waals surface area (Å²) in [5, 5.41) is 1.28. The number of benzene rings is 1. The van der Waals surface area contributed by atoms with Gasteiger partial charge >= 0.3 is 0 Å². The molecule has 1 spiro atoms.